The lowest BCUT2D eigenvalue weighted by Crippen LogP contribution is -2.54. The second kappa shape index (κ2) is 5.19. The number of ether oxygens (including phenoxy) is 2. The van der Waals surface area contributed by atoms with Gasteiger partial charge in [-0.25, -0.2) is 4.79 Å². The zero-order valence-corrected chi connectivity index (χ0v) is 12.0. The van der Waals surface area contributed by atoms with Gasteiger partial charge in [0.2, 0.25) is 0 Å². The molecule has 6 aliphatic heterocycles. The van der Waals surface area contributed by atoms with E-state index in [-0.39, 0.29) is 12.2 Å². The minimum atomic E-state index is -0.428. The van der Waals surface area contributed by atoms with Crippen LogP contribution >= 0.6 is 0 Å². The number of hydrogen-bond acceptors (Lipinski definition) is 5. The number of hydrogen-bond donors (Lipinski definition) is 0. The fourth-order valence-corrected chi connectivity index (χ4v) is 4.36. The van der Waals surface area contributed by atoms with Gasteiger partial charge in [0.1, 0.15) is 12.2 Å². The first-order valence-electron chi connectivity index (χ1n) is 8.10. The van der Waals surface area contributed by atoms with Crippen LogP contribution < -0.4 is 0 Å². The van der Waals surface area contributed by atoms with Crippen molar-refractivity contribution in [2.24, 2.45) is 11.8 Å². The van der Waals surface area contributed by atoms with Gasteiger partial charge in [-0.05, 0) is 63.7 Å². The van der Waals surface area contributed by atoms with Crippen LogP contribution in [0.25, 0.3) is 0 Å². The first-order valence-corrected chi connectivity index (χ1v) is 8.10. The van der Waals surface area contributed by atoms with E-state index >= 15 is 0 Å². The first-order chi connectivity index (χ1) is 9.78. The van der Waals surface area contributed by atoms with Crippen molar-refractivity contribution in [1.29, 1.82) is 0 Å². The SMILES string of the molecule is O=C(O[C@@H]1CN2CCC1CC2)O[C@@H]1CN2CCC1CC2. The van der Waals surface area contributed by atoms with Crippen LogP contribution in [0.5, 0.6) is 0 Å². The third kappa shape index (κ3) is 2.42. The van der Waals surface area contributed by atoms with E-state index < -0.39 is 6.16 Å². The van der Waals surface area contributed by atoms with Crippen LogP contribution in [-0.4, -0.2) is 67.4 Å². The van der Waals surface area contributed by atoms with Gasteiger partial charge in [0.05, 0.1) is 0 Å². The van der Waals surface area contributed by atoms with E-state index in [0.29, 0.717) is 11.8 Å². The van der Waals surface area contributed by atoms with Crippen LogP contribution in [0.3, 0.4) is 0 Å². The zero-order chi connectivity index (χ0) is 13.5. The van der Waals surface area contributed by atoms with Crippen LogP contribution in [0.1, 0.15) is 25.7 Å². The molecular weight excluding hydrogens is 256 g/mol. The fourth-order valence-electron chi connectivity index (χ4n) is 4.36. The van der Waals surface area contributed by atoms with Gasteiger partial charge in [-0.2, -0.15) is 0 Å². The Labute approximate surface area is 120 Å². The van der Waals surface area contributed by atoms with Crippen LogP contribution in [0.2, 0.25) is 0 Å². The number of carbonyl (C=O) groups is 1. The molecule has 5 nitrogen and oxygen atoms in total. The summed E-state index contributed by atoms with van der Waals surface area (Å²) in [6.07, 6.45) is 4.35. The summed E-state index contributed by atoms with van der Waals surface area (Å²) in [5, 5.41) is 0. The summed E-state index contributed by atoms with van der Waals surface area (Å²) in [6.45, 7) is 6.47. The van der Waals surface area contributed by atoms with E-state index in [4.69, 9.17) is 9.47 Å². The normalized spacial score (nSPS) is 46.2. The molecule has 5 heteroatoms. The molecule has 20 heavy (non-hydrogen) atoms. The maximum absolute atomic E-state index is 12.1. The monoisotopic (exact) mass is 280 g/mol. The highest BCUT2D eigenvalue weighted by molar-refractivity contribution is 5.60. The highest BCUT2D eigenvalue weighted by Gasteiger charge is 2.39. The molecule has 0 aliphatic carbocycles. The molecule has 6 saturated heterocycles. The summed E-state index contributed by atoms with van der Waals surface area (Å²) < 4.78 is 11.2. The molecule has 0 N–H and O–H groups in total. The van der Waals surface area contributed by atoms with Crippen LogP contribution in [0, 0.1) is 11.8 Å². The Bertz CT molecular complexity index is 339. The Balaban J connectivity index is 1.30. The molecule has 0 aromatic rings. The van der Waals surface area contributed by atoms with Gasteiger partial charge < -0.3 is 9.47 Å². The molecule has 0 unspecified atom stereocenters. The second-order valence-electron chi connectivity index (χ2n) is 6.84. The first kappa shape index (κ1) is 12.9. The Morgan fingerprint density at radius 1 is 0.750 bits per heavy atom. The average molecular weight is 280 g/mol. The van der Waals surface area contributed by atoms with E-state index in [9.17, 15) is 4.79 Å². The van der Waals surface area contributed by atoms with E-state index in [2.05, 4.69) is 9.80 Å². The van der Waals surface area contributed by atoms with Crippen molar-refractivity contribution >= 4 is 6.16 Å². The van der Waals surface area contributed by atoms with Crippen LogP contribution in [0.15, 0.2) is 0 Å². The molecule has 6 fully saturated rings. The number of nitrogens with zero attached hydrogens (tertiary/aromatic N) is 2. The van der Waals surface area contributed by atoms with E-state index in [1.807, 2.05) is 0 Å². The Morgan fingerprint density at radius 3 is 1.45 bits per heavy atom. The topological polar surface area (TPSA) is 42.0 Å². The Hall–Kier alpha value is -0.810. The van der Waals surface area contributed by atoms with Crippen molar-refractivity contribution in [3.63, 3.8) is 0 Å². The van der Waals surface area contributed by atoms with Gasteiger partial charge in [-0.1, -0.05) is 0 Å². The highest BCUT2D eigenvalue weighted by atomic mass is 16.7. The van der Waals surface area contributed by atoms with E-state index in [1.54, 1.807) is 0 Å². The molecule has 112 valence electrons. The van der Waals surface area contributed by atoms with Crippen molar-refractivity contribution in [1.82, 2.24) is 9.80 Å². The smallest absolute Gasteiger partial charge is 0.429 e. The molecule has 0 saturated carbocycles. The molecule has 0 radical (unpaired) electrons. The summed E-state index contributed by atoms with van der Waals surface area (Å²) >= 11 is 0. The molecule has 4 bridgehead atoms. The predicted octanol–water partition coefficient (Wildman–Crippen LogP) is 1.33. The van der Waals surface area contributed by atoms with Crippen molar-refractivity contribution in [3.8, 4) is 0 Å². The standard InChI is InChI=1S/C15H24N2O3/c18-15(19-13-9-16-5-1-11(13)2-6-16)20-14-10-17-7-3-12(14)4-8-17/h11-14H,1-10H2/t13-,14-/m1/s1. The Kier molecular flexibility index (Phi) is 3.34. The van der Waals surface area contributed by atoms with Crippen LogP contribution in [0.4, 0.5) is 4.79 Å². The fraction of sp³-hybridized carbons (Fsp3) is 0.933. The number of fused-ring (bicyclic) bond motifs is 6. The van der Waals surface area contributed by atoms with Crippen LogP contribution in [-0.2, 0) is 9.47 Å². The second-order valence-corrected chi connectivity index (χ2v) is 6.84. The number of carbonyl (C=O) groups excluding carboxylic acids is 1. The van der Waals surface area contributed by atoms with Gasteiger partial charge in [0, 0.05) is 13.1 Å². The molecule has 0 amide bonds. The highest BCUT2D eigenvalue weighted by Crippen LogP contribution is 2.32. The van der Waals surface area contributed by atoms with Crippen molar-refractivity contribution in [2.45, 2.75) is 37.9 Å². The third-order valence-corrected chi connectivity index (χ3v) is 5.69. The predicted molar refractivity (Wildman–Crippen MR) is 73.5 cm³/mol. The Morgan fingerprint density at radius 2 is 1.15 bits per heavy atom. The van der Waals surface area contributed by atoms with Crippen molar-refractivity contribution in [2.75, 3.05) is 39.3 Å². The lowest BCUT2D eigenvalue weighted by molar-refractivity contribution is -0.0937. The molecule has 0 aromatic heterocycles. The van der Waals surface area contributed by atoms with Crippen molar-refractivity contribution in [3.05, 3.63) is 0 Å². The number of piperidine rings is 6. The van der Waals surface area contributed by atoms with Gasteiger partial charge in [0.25, 0.3) is 0 Å². The van der Waals surface area contributed by atoms with E-state index in [0.717, 1.165) is 38.8 Å². The lowest BCUT2D eigenvalue weighted by Gasteiger charge is -2.45. The van der Waals surface area contributed by atoms with Gasteiger partial charge in [0.15, 0.2) is 0 Å². The molecular formula is C15H24N2O3. The molecule has 2 atom stereocenters. The third-order valence-electron chi connectivity index (χ3n) is 5.69. The average Bonchev–Trinajstić information content (AvgIpc) is 2.49. The minimum Gasteiger partial charge on any atom is -0.429 e. The van der Waals surface area contributed by atoms with Gasteiger partial charge in [-0.15, -0.1) is 0 Å². The largest absolute Gasteiger partial charge is 0.508 e. The maximum Gasteiger partial charge on any atom is 0.508 e. The summed E-state index contributed by atoms with van der Waals surface area (Å²) in [4.78, 5) is 16.8. The quantitative estimate of drug-likeness (QED) is 0.714. The molecule has 6 heterocycles. The summed E-state index contributed by atoms with van der Waals surface area (Å²) in [6, 6.07) is 0. The summed E-state index contributed by atoms with van der Waals surface area (Å²) in [7, 11) is 0. The maximum atomic E-state index is 12.1. The molecule has 6 rings (SSSR count). The molecule has 6 aliphatic rings. The van der Waals surface area contributed by atoms with Gasteiger partial charge in [-0.3, -0.25) is 9.80 Å². The summed E-state index contributed by atoms with van der Waals surface area (Å²) in [5.41, 5.74) is 0. The van der Waals surface area contributed by atoms with Gasteiger partial charge >= 0.3 is 6.16 Å². The minimum absolute atomic E-state index is 0.0612. The summed E-state index contributed by atoms with van der Waals surface area (Å²) in [5.74, 6) is 1.11. The molecule has 0 aromatic carbocycles. The van der Waals surface area contributed by atoms with Crippen molar-refractivity contribution < 1.29 is 14.3 Å². The zero-order valence-electron chi connectivity index (χ0n) is 12.0. The van der Waals surface area contributed by atoms with E-state index in [1.165, 1.54) is 26.2 Å². The molecule has 0 spiro atoms. The number of rotatable bonds is 2. The lowest BCUT2D eigenvalue weighted by atomic mass is 9.86.